The van der Waals surface area contributed by atoms with E-state index in [0.717, 1.165) is 19.3 Å². The number of hydrogen-bond donors (Lipinski definition) is 3. The van der Waals surface area contributed by atoms with Crippen LogP contribution >= 0.6 is 0 Å². The molecule has 2 amide bonds. The Labute approximate surface area is 101 Å². The van der Waals surface area contributed by atoms with E-state index in [9.17, 15) is 14.4 Å². The van der Waals surface area contributed by atoms with Crippen LogP contribution < -0.4 is 10.6 Å². The maximum Gasteiger partial charge on any atom is 0.303 e. The first-order chi connectivity index (χ1) is 8.02. The van der Waals surface area contributed by atoms with E-state index in [1.807, 2.05) is 0 Å². The zero-order valence-corrected chi connectivity index (χ0v) is 10.1. The molecule has 0 rings (SSSR count). The van der Waals surface area contributed by atoms with Gasteiger partial charge in [0.2, 0.25) is 11.8 Å². The van der Waals surface area contributed by atoms with Gasteiger partial charge in [0.25, 0.3) is 0 Å². The predicted molar refractivity (Wildman–Crippen MR) is 62.4 cm³/mol. The third kappa shape index (κ3) is 12.3. The molecule has 0 radical (unpaired) electrons. The minimum Gasteiger partial charge on any atom is -0.481 e. The second-order valence-corrected chi connectivity index (χ2v) is 3.82. The van der Waals surface area contributed by atoms with Crippen molar-refractivity contribution in [2.45, 2.75) is 39.0 Å². The number of carboxylic acids is 1. The highest BCUT2D eigenvalue weighted by Gasteiger charge is 2.01. The summed E-state index contributed by atoms with van der Waals surface area (Å²) in [6.45, 7) is 1.93. The summed E-state index contributed by atoms with van der Waals surface area (Å²) >= 11 is 0. The van der Waals surface area contributed by atoms with Crippen molar-refractivity contribution >= 4 is 17.8 Å². The number of carboxylic acid groups (broad SMARTS) is 1. The van der Waals surface area contributed by atoms with Crippen molar-refractivity contribution < 1.29 is 19.5 Å². The topological polar surface area (TPSA) is 95.5 Å². The van der Waals surface area contributed by atoms with E-state index < -0.39 is 5.97 Å². The summed E-state index contributed by atoms with van der Waals surface area (Å²) in [6, 6.07) is 0. The SMILES string of the molecule is CC(=O)NCC(=O)NCCCCCCC(=O)O. The van der Waals surface area contributed by atoms with Crippen molar-refractivity contribution in [1.29, 1.82) is 0 Å². The van der Waals surface area contributed by atoms with Crippen LogP contribution in [0.15, 0.2) is 0 Å². The van der Waals surface area contributed by atoms with Crippen molar-refractivity contribution in [2.75, 3.05) is 13.1 Å². The fourth-order valence-electron chi connectivity index (χ4n) is 1.25. The normalized spacial score (nSPS) is 9.71. The fourth-order valence-corrected chi connectivity index (χ4v) is 1.25. The zero-order valence-electron chi connectivity index (χ0n) is 10.1. The highest BCUT2D eigenvalue weighted by atomic mass is 16.4. The largest absolute Gasteiger partial charge is 0.481 e. The molecule has 0 saturated carbocycles. The summed E-state index contributed by atoms with van der Waals surface area (Å²) in [6.07, 6.45) is 3.46. The van der Waals surface area contributed by atoms with E-state index in [1.54, 1.807) is 0 Å². The molecule has 6 nitrogen and oxygen atoms in total. The smallest absolute Gasteiger partial charge is 0.303 e. The molecule has 0 aliphatic carbocycles. The quantitative estimate of drug-likeness (QED) is 0.507. The summed E-state index contributed by atoms with van der Waals surface area (Å²) in [7, 11) is 0. The molecule has 0 saturated heterocycles. The van der Waals surface area contributed by atoms with Crippen LogP contribution in [0.25, 0.3) is 0 Å². The van der Waals surface area contributed by atoms with Gasteiger partial charge in [-0.15, -0.1) is 0 Å². The molecule has 3 N–H and O–H groups in total. The Bertz CT molecular complexity index is 266. The Morgan fingerprint density at radius 1 is 1.00 bits per heavy atom. The van der Waals surface area contributed by atoms with Crippen LogP contribution in [-0.4, -0.2) is 36.0 Å². The summed E-state index contributed by atoms with van der Waals surface area (Å²) in [5.41, 5.74) is 0. The van der Waals surface area contributed by atoms with E-state index in [-0.39, 0.29) is 24.8 Å². The molecule has 0 fully saturated rings. The summed E-state index contributed by atoms with van der Waals surface area (Å²) in [5.74, 6) is -1.20. The number of carbonyl (C=O) groups is 3. The molecule has 0 aromatic heterocycles. The van der Waals surface area contributed by atoms with E-state index in [0.29, 0.717) is 13.0 Å². The van der Waals surface area contributed by atoms with Crippen LogP contribution in [0.1, 0.15) is 39.0 Å². The maximum absolute atomic E-state index is 11.1. The second-order valence-electron chi connectivity index (χ2n) is 3.82. The minimum absolute atomic E-state index is 0.00828. The first-order valence-electron chi connectivity index (χ1n) is 5.75. The van der Waals surface area contributed by atoms with Crippen LogP contribution in [0.5, 0.6) is 0 Å². The summed E-state index contributed by atoms with van der Waals surface area (Å²) in [4.78, 5) is 31.8. The predicted octanol–water partition coefficient (Wildman–Crippen LogP) is 0.274. The van der Waals surface area contributed by atoms with Crippen LogP contribution in [-0.2, 0) is 14.4 Å². The van der Waals surface area contributed by atoms with Crippen molar-refractivity contribution in [3.05, 3.63) is 0 Å². The maximum atomic E-state index is 11.1. The van der Waals surface area contributed by atoms with Gasteiger partial charge >= 0.3 is 5.97 Å². The minimum atomic E-state index is -0.770. The van der Waals surface area contributed by atoms with Gasteiger partial charge in [0, 0.05) is 19.9 Å². The average molecular weight is 244 g/mol. The van der Waals surface area contributed by atoms with Gasteiger partial charge in [-0.1, -0.05) is 12.8 Å². The van der Waals surface area contributed by atoms with Gasteiger partial charge in [0.05, 0.1) is 6.54 Å². The van der Waals surface area contributed by atoms with E-state index in [4.69, 9.17) is 5.11 Å². The van der Waals surface area contributed by atoms with Gasteiger partial charge in [-0.05, 0) is 12.8 Å². The molecular weight excluding hydrogens is 224 g/mol. The van der Waals surface area contributed by atoms with Crippen LogP contribution in [0.4, 0.5) is 0 Å². The summed E-state index contributed by atoms with van der Waals surface area (Å²) in [5, 5.41) is 13.5. The Kier molecular flexibility index (Phi) is 8.72. The molecular formula is C11H20N2O4. The number of amides is 2. The molecule has 0 aromatic rings. The molecule has 0 unspecified atom stereocenters. The van der Waals surface area contributed by atoms with Gasteiger partial charge in [0.1, 0.15) is 0 Å². The van der Waals surface area contributed by atoms with Gasteiger partial charge < -0.3 is 15.7 Å². The Balaban J connectivity index is 3.24. The molecule has 0 heterocycles. The summed E-state index contributed by atoms with van der Waals surface area (Å²) < 4.78 is 0. The third-order valence-corrected chi connectivity index (χ3v) is 2.14. The lowest BCUT2D eigenvalue weighted by molar-refractivity contribution is -0.137. The van der Waals surface area contributed by atoms with Gasteiger partial charge in [0.15, 0.2) is 0 Å². The van der Waals surface area contributed by atoms with Gasteiger partial charge in [-0.2, -0.15) is 0 Å². The number of nitrogens with one attached hydrogen (secondary N) is 2. The first-order valence-corrected chi connectivity index (χ1v) is 5.75. The monoisotopic (exact) mass is 244 g/mol. The molecule has 0 aliphatic rings. The Morgan fingerprint density at radius 2 is 1.65 bits per heavy atom. The van der Waals surface area contributed by atoms with Crippen molar-refractivity contribution in [2.24, 2.45) is 0 Å². The standard InChI is InChI=1S/C11H20N2O4/c1-9(14)13-8-10(15)12-7-5-3-2-4-6-11(16)17/h2-8H2,1H3,(H,12,15)(H,13,14)(H,16,17). The zero-order chi connectivity index (χ0) is 13.1. The number of carbonyl (C=O) groups excluding carboxylic acids is 2. The lowest BCUT2D eigenvalue weighted by Gasteiger charge is -2.05. The second kappa shape index (κ2) is 9.62. The number of hydrogen-bond acceptors (Lipinski definition) is 3. The van der Waals surface area contributed by atoms with Crippen molar-refractivity contribution in [3.8, 4) is 0 Å². The van der Waals surface area contributed by atoms with Crippen LogP contribution in [0, 0.1) is 0 Å². The molecule has 0 aromatic carbocycles. The van der Waals surface area contributed by atoms with E-state index in [2.05, 4.69) is 10.6 Å². The van der Waals surface area contributed by atoms with E-state index in [1.165, 1.54) is 6.92 Å². The molecule has 0 bridgehead atoms. The highest BCUT2D eigenvalue weighted by molar-refractivity contribution is 5.83. The van der Waals surface area contributed by atoms with Crippen molar-refractivity contribution in [3.63, 3.8) is 0 Å². The average Bonchev–Trinajstić information content (AvgIpc) is 2.24. The molecule has 17 heavy (non-hydrogen) atoms. The lowest BCUT2D eigenvalue weighted by atomic mass is 10.1. The third-order valence-electron chi connectivity index (χ3n) is 2.14. The van der Waals surface area contributed by atoms with E-state index >= 15 is 0 Å². The Hall–Kier alpha value is -1.59. The Morgan fingerprint density at radius 3 is 2.24 bits per heavy atom. The highest BCUT2D eigenvalue weighted by Crippen LogP contribution is 2.01. The molecule has 0 atom stereocenters. The molecule has 6 heteroatoms. The fraction of sp³-hybridized carbons (Fsp3) is 0.727. The number of rotatable bonds is 9. The molecule has 0 spiro atoms. The lowest BCUT2D eigenvalue weighted by Crippen LogP contribution is -2.36. The number of aliphatic carboxylic acids is 1. The van der Waals surface area contributed by atoms with Crippen LogP contribution in [0.2, 0.25) is 0 Å². The van der Waals surface area contributed by atoms with Crippen molar-refractivity contribution in [1.82, 2.24) is 10.6 Å². The molecule has 0 aliphatic heterocycles. The molecule has 98 valence electrons. The van der Waals surface area contributed by atoms with Crippen LogP contribution in [0.3, 0.4) is 0 Å². The first kappa shape index (κ1) is 15.4. The van der Waals surface area contributed by atoms with Gasteiger partial charge in [-0.3, -0.25) is 14.4 Å². The van der Waals surface area contributed by atoms with Gasteiger partial charge in [-0.25, -0.2) is 0 Å². The number of unbranched alkanes of at least 4 members (excludes halogenated alkanes) is 3.